The van der Waals surface area contributed by atoms with E-state index < -0.39 is 6.03 Å². The zero-order valence-electron chi connectivity index (χ0n) is 12.1. The number of amides is 2. The normalized spacial score (nSPS) is 26.0. The lowest BCUT2D eigenvalue weighted by molar-refractivity contribution is -0.0708. The average molecular weight is 277 g/mol. The van der Waals surface area contributed by atoms with Crippen LogP contribution >= 0.6 is 0 Å². The monoisotopic (exact) mass is 277 g/mol. The van der Waals surface area contributed by atoms with Crippen molar-refractivity contribution < 1.29 is 9.53 Å². The third-order valence-corrected chi connectivity index (χ3v) is 3.84. The van der Waals surface area contributed by atoms with Crippen molar-refractivity contribution in [2.75, 3.05) is 17.2 Å². The maximum Gasteiger partial charge on any atom is 0.316 e. The molecule has 0 radical (unpaired) electrons. The van der Waals surface area contributed by atoms with Gasteiger partial charge in [0.05, 0.1) is 5.60 Å². The third kappa shape index (κ3) is 3.87. The number of urea groups is 1. The largest absolute Gasteiger partial charge is 0.382 e. The van der Waals surface area contributed by atoms with Crippen LogP contribution < -0.4 is 16.4 Å². The van der Waals surface area contributed by atoms with Crippen LogP contribution in [0.4, 0.5) is 16.2 Å². The van der Waals surface area contributed by atoms with E-state index in [1.807, 2.05) is 24.3 Å². The summed E-state index contributed by atoms with van der Waals surface area (Å²) in [4.78, 5) is 10.9. The van der Waals surface area contributed by atoms with Crippen LogP contribution in [0.3, 0.4) is 0 Å². The number of ether oxygens (including phenoxy) is 1. The summed E-state index contributed by atoms with van der Waals surface area (Å²) >= 11 is 0. The molecule has 0 aliphatic carbocycles. The van der Waals surface area contributed by atoms with Gasteiger partial charge in [0.2, 0.25) is 0 Å². The Bertz CT molecular complexity index is 478. The first-order chi connectivity index (χ1) is 9.50. The molecular formula is C15H23N3O2. The van der Waals surface area contributed by atoms with Gasteiger partial charge in [-0.25, -0.2) is 4.79 Å². The van der Waals surface area contributed by atoms with Crippen molar-refractivity contribution in [3.63, 3.8) is 0 Å². The summed E-state index contributed by atoms with van der Waals surface area (Å²) in [5, 5.41) is 6.10. The van der Waals surface area contributed by atoms with Gasteiger partial charge in [-0.1, -0.05) is 13.0 Å². The predicted octanol–water partition coefficient (Wildman–Crippen LogP) is 2.94. The average Bonchev–Trinajstić information content (AvgIpc) is 2.38. The summed E-state index contributed by atoms with van der Waals surface area (Å²) in [7, 11) is 0. The van der Waals surface area contributed by atoms with Crippen LogP contribution in [0.25, 0.3) is 0 Å². The Morgan fingerprint density at radius 3 is 2.95 bits per heavy atom. The Morgan fingerprint density at radius 1 is 1.50 bits per heavy atom. The van der Waals surface area contributed by atoms with Crippen molar-refractivity contribution in [3.05, 3.63) is 24.3 Å². The SMILES string of the molecule is CCC1(C)CC(Nc2cccc(NC(N)=O)c2)CCO1. The van der Waals surface area contributed by atoms with Gasteiger partial charge in [0, 0.05) is 24.0 Å². The molecule has 4 N–H and O–H groups in total. The molecule has 0 bridgehead atoms. The summed E-state index contributed by atoms with van der Waals surface area (Å²) < 4.78 is 5.85. The molecule has 110 valence electrons. The lowest BCUT2D eigenvalue weighted by Crippen LogP contribution is -2.41. The third-order valence-electron chi connectivity index (χ3n) is 3.84. The molecule has 2 atom stereocenters. The second-order valence-corrected chi connectivity index (χ2v) is 5.56. The minimum absolute atomic E-state index is 0.0427. The van der Waals surface area contributed by atoms with Gasteiger partial charge in [-0.3, -0.25) is 0 Å². The van der Waals surface area contributed by atoms with Gasteiger partial charge in [-0.05, 0) is 44.4 Å². The number of nitrogens with one attached hydrogen (secondary N) is 2. The highest BCUT2D eigenvalue weighted by Crippen LogP contribution is 2.29. The second kappa shape index (κ2) is 6.13. The van der Waals surface area contributed by atoms with Crippen LogP contribution in [-0.2, 0) is 4.74 Å². The smallest absolute Gasteiger partial charge is 0.316 e. The molecule has 1 heterocycles. The maximum atomic E-state index is 10.9. The molecule has 0 spiro atoms. The van der Waals surface area contributed by atoms with Gasteiger partial charge >= 0.3 is 6.03 Å². The van der Waals surface area contributed by atoms with Gasteiger partial charge < -0.3 is 21.1 Å². The van der Waals surface area contributed by atoms with Gasteiger partial charge in [-0.15, -0.1) is 0 Å². The van der Waals surface area contributed by atoms with Crippen molar-refractivity contribution in [1.82, 2.24) is 0 Å². The fourth-order valence-electron chi connectivity index (χ4n) is 2.56. The topological polar surface area (TPSA) is 76.4 Å². The van der Waals surface area contributed by atoms with Crippen LogP contribution in [0.1, 0.15) is 33.1 Å². The lowest BCUT2D eigenvalue weighted by atomic mass is 9.90. The standard InChI is InChI=1S/C15H23N3O2/c1-3-15(2)10-13(7-8-20-15)17-11-5-4-6-12(9-11)18-14(16)19/h4-6,9,13,17H,3,7-8,10H2,1-2H3,(H3,16,18,19). The maximum absolute atomic E-state index is 10.9. The molecule has 2 amide bonds. The van der Waals surface area contributed by atoms with Gasteiger partial charge in [0.15, 0.2) is 0 Å². The number of anilines is 2. The zero-order valence-corrected chi connectivity index (χ0v) is 12.1. The molecule has 20 heavy (non-hydrogen) atoms. The quantitative estimate of drug-likeness (QED) is 0.792. The number of rotatable bonds is 4. The van der Waals surface area contributed by atoms with Crippen LogP contribution in [0.15, 0.2) is 24.3 Å². The van der Waals surface area contributed by atoms with E-state index in [2.05, 4.69) is 24.5 Å². The minimum atomic E-state index is -0.549. The molecule has 2 rings (SSSR count). The lowest BCUT2D eigenvalue weighted by Gasteiger charge is -2.38. The zero-order chi connectivity index (χ0) is 14.6. The molecule has 5 nitrogen and oxygen atoms in total. The van der Waals surface area contributed by atoms with E-state index in [0.29, 0.717) is 11.7 Å². The molecule has 1 aliphatic heterocycles. The Hall–Kier alpha value is -1.75. The van der Waals surface area contributed by atoms with Gasteiger partial charge in [-0.2, -0.15) is 0 Å². The molecule has 1 saturated heterocycles. The first-order valence-electron chi connectivity index (χ1n) is 7.08. The van der Waals surface area contributed by atoms with Gasteiger partial charge in [0.1, 0.15) is 0 Å². The molecule has 1 fully saturated rings. The van der Waals surface area contributed by atoms with E-state index >= 15 is 0 Å². The molecule has 1 aromatic carbocycles. The highest BCUT2D eigenvalue weighted by Gasteiger charge is 2.31. The first kappa shape index (κ1) is 14.7. The number of primary amides is 1. The Morgan fingerprint density at radius 2 is 2.25 bits per heavy atom. The number of carbonyl (C=O) groups is 1. The number of carbonyl (C=O) groups excluding carboxylic acids is 1. The highest BCUT2D eigenvalue weighted by atomic mass is 16.5. The van der Waals surface area contributed by atoms with Crippen LogP contribution in [-0.4, -0.2) is 24.3 Å². The summed E-state index contributed by atoms with van der Waals surface area (Å²) in [5.74, 6) is 0. The van der Waals surface area contributed by atoms with Crippen molar-refractivity contribution in [1.29, 1.82) is 0 Å². The summed E-state index contributed by atoms with van der Waals surface area (Å²) in [6.07, 6.45) is 2.98. The molecule has 1 aliphatic rings. The number of benzene rings is 1. The molecular weight excluding hydrogens is 254 g/mol. The fourth-order valence-corrected chi connectivity index (χ4v) is 2.56. The van der Waals surface area contributed by atoms with Crippen LogP contribution in [0, 0.1) is 0 Å². The van der Waals surface area contributed by atoms with E-state index in [9.17, 15) is 4.79 Å². The van der Waals surface area contributed by atoms with E-state index in [4.69, 9.17) is 10.5 Å². The Balaban J connectivity index is 2.00. The molecule has 0 saturated carbocycles. The molecule has 5 heteroatoms. The Labute approximate surface area is 119 Å². The highest BCUT2D eigenvalue weighted by molar-refractivity contribution is 5.88. The summed E-state index contributed by atoms with van der Waals surface area (Å²) in [5.41, 5.74) is 6.77. The van der Waals surface area contributed by atoms with Gasteiger partial charge in [0.25, 0.3) is 0 Å². The molecule has 2 unspecified atom stereocenters. The number of hydrogen-bond donors (Lipinski definition) is 3. The van der Waals surface area contributed by atoms with E-state index in [1.54, 1.807) is 0 Å². The fraction of sp³-hybridized carbons (Fsp3) is 0.533. The van der Waals surface area contributed by atoms with Crippen molar-refractivity contribution in [3.8, 4) is 0 Å². The number of hydrogen-bond acceptors (Lipinski definition) is 3. The molecule has 0 aromatic heterocycles. The first-order valence-corrected chi connectivity index (χ1v) is 7.08. The van der Waals surface area contributed by atoms with Crippen molar-refractivity contribution in [2.45, 2.75) is 44.8 Å². The van der Waals surface area contributed by atoms with E-state index in [0.717, 1.165) is 31.6 Å². The Kier molecular flexibility index (Phi) is 4.49. The summed E-state index contributed by atoms with van der Waals surface area (Å²) in [6, 6.07) is 7.43. The predicted molar refractivity (Wildman–Crippen MR) is 80.9 cm³/mol. The molecule has 1 aromatic rings. The minimum Gasteiger partial charge on any atom is -0.382 e. The number of nitrogens with two attached hydrogens (primary N) is 1. The van der Waals surface area contributed by atoms with Crippen LogP contribution in [0.2, 0.25) is 0 Å². The second-order valence-electron chi connectivity index (χ2n) is 5.56. The summed E-state index contributed by atoms with van der Waals surface area (Å²) in [6.45, 7) is 5.09. The van der Waals surface area contributed by atoms with E-state index in [-0.39, 0.29) is 5.60 Å². The van der Waals surface area contributed by atoms with Crippen molar-refractivity contribution in [2.24, 2.45) is 5.73 Å². The van der Waals surface area contributed by atoms with E-state index in [1.165, 1.54) is 0 Å². The van der Waals surface area contributed by atoms with Crippen molar-refractivity contribution >= 4 is 17.4 Å². The van der Waals surface area contributed by atoms with Crippen LogP contribution in [0.5, 0.6) is 0 Å².